The van der Waals surface area contributed by atoms with E-state index in [4.69, 9.17) is 39.2 Å². The minimum Gasteiger partial charge on any atom is -0.480 e. The fourth-order valence-electron chi connectivity index (χ4n) is 0.865. The molecule has 0 heterocycles. The number of aliphatic carboxylic acids is 1. The number of carboxylic acid groups (broad SMARTS) is 1. The van der Waals surface area contributed by atoms with Crippen LogP contribution in [0.4, 0.5) is 0 Å². The molecule has 0 aliphatic heterocycles. The van der Waals surface area contributed by atoms with Crippen LogP contribution >= 0.6 is 0 Å². The second-order valence-electron chi connectivity index (χ2n) is 4.15. The Morgan fingerprint density at radius 1 is 1.24 bits per heavy atom. The van der Waals surface area contributed by atoms with Crippen LogP contribution in [-0.2, 0) is 4.79 Å². The summed E-state index contributed by atoms with van der Waals surface area (Å²) < 4.78 is 0. The fourth-order valence-corrected chi connectivity index (χ4v) is 0.865. The summed E-state index contributed by atoms with van der Waals surface area (Å²) in [5.41, 5.74) is 25.3. The molecule has 0 rings (SSSR count). The Labute approximate surface area is 123 Å². The van der Waals surface area contributed by atoms with Crippen LogP contribution in [-0.4, -0.2) is 60.5 Å². The molecule has 11 heteroatoms. The predicted octanol–water partition coefficient (Wildman–Crippen LogP) is -2.79. The number of hydrogen-bond acceptors (Lipinski definition) is 4. The lowest BCUT2D eigenvalue weighted by atomic mass is 10.2. The summed E-state index contributed by atoms with van der Waals surface area (Å²) in [7, 11) is 3.38. The first-order valence-corrected chi connectivity index (χ1v) is 5.97. The Hall–Kier alpha value is -2.56. The largest absolute Gasteiger partial charge is 0.480 e. The zero-order valence-electron chi connectivity index (χ0n) is 12.3. The van der Waals surface area contributed by atoms with Gasteiger partial charge in [0.1, 0.15) is 6.04 Å². The van der Waals surface area contributed by atoms with Gasteiger partial charge in [0, 0.05) is 20.6 Å². The number of nitrogens with one attached hydrogen (secondary N) is 1. The van der Waals surface area contributed by atoms with Crippen molar-refractivity contribution in [2.75, 3.05) is 20.6 Å². The number of carboxylic acids is 1. The summed E-state index contributed by atoms with van der Waals surface area (Å²) in [5.74, 6) is -1.03. The third-order valence-electron chi connectivity index (χ3n) is 1.94. The van der Waals surface area contributed by atoms with Gasteiger partial charge in [0.2, 0.25) is 5.96 Å². The first-order valence-electron chi connectivity index (χ1n) is 5.97. The van der Waals surface area contributed by atoms with E-state index in [0.29, 0.717) is 19.4 Å². The second kappa shape index (κ2) is 11.3. The standard InChI is InChI=1S/C6H14N4O2.C4H11N5/c7-4(5(11)12)2-1-3-10-6(8)9;1-9(2)4(7)8-3(5)6/h4H,1-3,7H2,(H,11,12)(H4,8,9,10);1-2H3,(H5,5,6,7,8)/t4-;/m0./s1. The molecule has 0 saturated heterocycles. The van der Waals surface area contributed by atoms with Crippen LogP contribution in [0.25, 0.3) is 0 Å². The van der Waals surface area contributed by atoms with Crippen molar-refractivity contribution in [3.63, 3.8) is 0 Å². The van der Waals surface area contributed by atoms with Crippen molar-refractivity contribution in [2.24, 2.45) is 38.7 Å². The molecule has 0 unspecified atom stereocenters. The summed E-state index contributed by atoms with van der Waals surface area (Å²) in [6, 6.07) is -0.820. The minimum absolute atomic E-state index is 0.0129. The van der Waals surface area contributed by atoms with Crippen molar-refractivity contribution in [1.82, 2.24) is 4.90 Å². The highest BCUT2D eigenvalue weighted by atomic mass is 16.4. The van der Waals surface area contributed by atoms with E-state index in [1.165, 1.54) is 4.90 Å². The van der Waals surface area contributed by atoms with E-state index in [1.807, 2.05) is 0 Å². The maximum atomic E-state index is 10.2. The lowest BCUT2D eigenvalue weighted by molar-refractivity contribution is -0.138. The molecule has 0 bridgehead atoms. The van der Waals surface area contributed by atoms with E-state index in [1.54, 1.807) is 14.1 Å². The monoisotopic (exact) mass is 303 g/mol. The van der Waals surface area contributed by atoms with Crippen molar-refractivity contribution in [3.05, 3.63) is 0 Å². The van der Waals surface area contributed by atoms with Crippen molar-refractivity contribution in [1.29, 1.82) is 5.41 Å². The van der Waals surface area contributed by atoms with Gasteiger partial charge in [0.05, 0.1) is 0 Å². The lowest BCUT2D eigenvalue weighted by Crippen LogP contribution is -2.30. The second-order valence-corrected chi connectivity index (χ2v) is 4.15. The lowest BCUT2D eigenvalue weighted by Gasteiger charge is -2.07. The van der Waals surface area contributed by atoms with Gasteiger partial charge >= 0.3 is 5.97 Å². The molecular formula is C10H25N9O2. The van der Waals surface area contributed by atoms with Gasteiger partial charge in [-0.3, -0.25) is 15.2 Å². The zero-order valence-corrected chi connectivity index (χ0v) is 12.3. The molecule has 0 fully saturated rings. The van der Waals surface area contributed by atoms with Crippen LogP contribution in [0.1, 0.15) is 12.8 Å². The van der Waals surface area contributed by atoms with E-state index in [-0.39, 0.29) is 17.9 Å². The molecule has 0 aromatic heterocycles. The molecule has 21 heavy (non-hydrogen) atoms. The minimum atomic E-state index is -1.00. The maximum Gasteiger partial charge on any atom is 0.320 e. The van der Waals surface area contributed by atoms with Crippen molar-refractivity contribution >= 4 is 23.8 Å². The molecular weight excluding hydrogens is 278 g/mol. The average Bonchev–Trinajstić information content (AvgIpc) is 2.33. The Bertz CT molecular complexity index is 384. The number of hydrogen-bond donors (Lipinski definition) is 7. The topological polar surface area (TPSA) is 219 Å². The van der Waals surface area contributed by atoms with Crippen LogP contribution in [0.5, 0.6) is 0 Å². The molecule has 0 aliphatic rings. The van der Waals surface area contributed by atoms with Gasteiger partial charge in [-0.2, -0.15) is 4.99 Å². The smallest absolute Gasteiger partial charge is 0.320 e. The van der Waals surface area contributed by atoms with E-state index >= 15 is 0 Å². The molecule has 0 aliphatic carbocycles. The number of nitrogens with two attached hydrogens (primary N) is 5. The summed E-state index contributed by atoms with van der Waals surface area (Å²) in [6.07, 6.45) is 0.956. The highest BCUT2D eigenvalue weighted by molar-refractivity contribution is 5.91. The highest BCUT2D eigenvalue weighted by Crippen LogP contribution is 1.94. The first kappa shape index (κ1) is 20.8. The van der Waals surface area contributed by atoms with Crippen molar-refractivity contribution in [2.45, 2.75) is 18.9 Å². The van der Waals surface area contributed by atoms with E-state index in [9.17, 15) is 4.79 Å². The highest BCUT2D eigenvalue weighted by Gasteiger charge is 2.09. The van der Waals surface area contributed by atoms with Crippen molar-refractivity contribution < 1.29 is 9.90 Å². The Morgan fingerprint density at radius 3 is 2.05 bits per heavy atom. The van der Waals surface area contributed by atoms with Gasteiger partial charge < -0.3 is 38.7 Å². The first-order chi connectivity index (χ1) is 9.57. The van der Waals surface area contributed by atoms with Crippen molar-refractivity contribution in [3.8, 4) is 0 Å². The summed E-state index contributed by atoms with van der Waals surface area (Å²) >= 11 is 0. The molecule has 0 radical (unpaired) electrons. The Balaban J connectivity index is 0. The molecule has 122 valence electrons. The molecule has 0 amide bonds. The normalized spacial score (nSPS) is 10.4. The van der Waals surface area contributed by atoms with E-state index < -0.39 is 12.0 Å². The molecule has 11 nitrogen and oxygen atoms in total. The molecule has 0 aromatic carbocycles. The average molecular weight is 303 g/mol. The van der Waals surface area contributed by atoms with Gasteiger partial charge in [-0.25, -0.2) is 0 Å². The summed E-state index contributed by atoms with van der Waals surface area (Å²) in [5, 5.41) is 15.4. The fraction of sp³-hybridized carbons (Fsp3) is 0.600. The Kier molecular flexibility index (Phi) is 11.1. The van der Waals surface area contributed by atoms with Gasteiger partial charge in [-0.05, 0) is 12.8 Å². The third-order valence-corrected chi connectivity index (χ3v) is 1.94. The molecule has 0 saturated carbocycles. The van der Waals surface area contributed by atoms with Gasteiger partial charge in [0.15, 0.2) is 11.9 Å². The van der Waals surface area contributed by atoms with Gasteiger partial charge in [-0.15, -0.1) is 0 Å². The van der Waals surface area contributed by atoms with E-state index in [2.05, 4.69) is 9.98 Å². The number of guanidine groups is 3. The number of aliphatic imine (C=N–C) groups is 2. The van der Waals surface area contributed by atoms with Crippen LogP contribution in [0, 0.1) is 5.41 Å². The third kappa shape index (κ3) is 15.4. The van der Waals surface area contributed by atoms with Crippen LogP contribution in [0.2, 0.25) is 0 Å². The van der Waals surface area contributed by atoms with Gasteiger partial charge in [-0.1, -0.05) is 0 Å². The molecule has 12 N–H and O–H groups in total. The zero-order chi connectivity index (χ0) is 17.0. The number of nitrogens with zero attached hydrogens (tertiary/aromatic N) is 3. The quantitative estimate of drug-likeness (QED) is 0.159. The molecule has 1 atom stereocenters. The molecule has 0 spiro atoms. The maximum absolute atomic E-state index is 10.2. The van der Waals surface area contributed by atoms with E-state index in [0.717, 1.165) is 0 Å². The number of carbonyl (C=O) groups is 1. The molecule has 0 aromatic rings. The van der Waals surface area contributed by atoms with Crippen LogP contribution in [0.3, 0.4) is 0 Å². The van der Waals surface area contributed by atoms with Crippen LogP contribution in [0.15, 0.2) is 9.98 Å². The van der Waals surface area contributed by atoms with Crippen LogP contribution < -0.4 is 28.7 Å². The summed E-state index contributed by atoms with van der Waals surface area (Å²) in [6.45, 7) is 0.420. The predicted molar refractivity (Wildman–Crippen MR) is 82.7 cm³/mol. The summed E-state index contributed by atoms with van der Waals surface area (Å²) in [4.78, 5) is 18.9. The SMILES string of the molecule is CN(C)C(=N)N=C(N)N.NC(N)=NCCC[C@H](N)C(=O)O. The Morgan fingerprint density at radius 2 is 1.76 bits per heavy atom. The number of rotatable bonds is 5. The van der Waals surface area contributed by atoms with Gasteiger partial charge in [0.25, 0.3) is 0 Å².